The lowest BCUT2D eigenvalue weighted by Crippen LogP contribution is -2.17. The molecule has 0 aliphatic carbocycles. The van der Waals surface area contributed by atoms with Crippen LogP contribution in [0, 0.1) is 0 Å². The van der Waals surface area contributed by atoms with Gasteiger partial charge in [0, 0.05) is 12.2 Å². The molecule has 0 saturated heterocycles. The topological polar surface area (TPSA) is 29.9 Å². The lowest BCUT2D eigenvalue weighted by atomic mass is 10.1. The van der Waals surface area contributed by atoms with Gasteiger partial charge in [-0.2, -0.15) is 5.10 Å². The Balaban J connectivity index is 2.30. The van der Waals surface area contributed by atoms with Crippen molar-refractivity contribution in [2.75, 3.05) is 6.54 Å². The van der Waals surface area contributed by atoms with Crippen molar-refractivity contribution in [3.05, 3.63) is 46.2 Å². The van der Waals surface area contributed by atoms with E-state index in [0.29, 0.717) is 10.0 Å². The summed E-state index contributed by atoms with van der Waals surface area (Å²) in [6.45, 7) is 5.12. The van der Waals surface area contributed by atoms with Gasteiger partial charge in [-0.3, -0.25) is 0 Å². The molecule has 18 heavy (non-hydrogen) atoms. The first-order chi connectivity index (χ1) is 8.61. The smallest absolute Gasteiger partial charge is 0.0832 e. The summed E-state index contributed by atoms with van der Waals surface area (Å²) in [4.78, 5) is 0. The third kappa shape index (κ3) is 2.86. The number of benzene rings is 1. The molecule has 0 aliphatic heterocycles. The van der Waals surface area contributed by atoms with Gasteiger partial charge in [-0.25, -0.2) is 4.68 Å². The summed E-state index contributed by atoms with van der Waals surface area (Å²) < 4.78 is 1.67. The molecule has 0 radical (unpaired) electrons. The molecule has 1 heterocycles. The predicted molar refractivity (Wildman–Crippen MR) is 75.7 cm³/mol. The Bertz CT molecular complexity index is 537. The van der Waals surface area contributed by atoms with E-state index < -0.39 is 0 Å². The minimum atomic E-state index is 0.280. The Kier molecular flexibility index (Phi) is 4.27. The molecule has 1 atom stereocenters. The van der Waals surface area contributed by atoms with Crippen LogP contribution in [-0.2, 0) is 0 Å². The summed E-state index contributed by atoms with van der Waals surface area (Å²) in [5, 5.41) is 8.75. The largest absolute Gasteiger partial charge is 0.310 e. The van der Waals surface area contributed by atoms with Crippen LogP contribution in [-0.4, -0.2) is 16.3 Å². The Morgan fingerprint density at radius 3 is 2.72 bits per heavy atom. The number of hydrogen-bond donors (Lipinski definition) is 1. The Morgan fingerprint density at radius 2 is 2.17 bits per heavy atom. The highest BCUT2D eigenvalue weighted by Gasteiger charge is 2.09. The van der Waals surface area contributed by atoms with Crippen LogP contribution in [0.15, 0.2) is 30.6 Å². The van der Waals surface area contributed by atoms with E-state index in [9.17, 15) is 0 Å². The molecule has 1 aromatic heterocycles. The number of halogens is 2. The minimum Gasteiger partial charge on any atom is -0.310 e. The van der Waals surface area contributed by atoms with Gasteiger partial charge in [0.05, 0.1) is 21.9 Å². The van der Waals surface area contributed by atoms with E-state index >= 15 is 0 Å². The fraction of sp³-hybridized carbons (Fsp3) is 0.308. The normalized spacial score (nSPS) is 12.7. The van der Waals surface area contributed by atoms with Gasteiger partial charge in [-0.1, -0.05) is 36.2 Å². The number of hydrogen-bond acceptors (Lipinski definition) is 2. The lowest BCUT2D eigenvalue weighted by molar-refractivity contribution is 0.598. The zero-order valence-electron chi connectivity index (χ0n) is 10.3. The number of rotatable bonds is 4. The van der Waals surface area contributed by atoms with E-state index in [2.05, 4.69) is 24.3 Å². The summed E-state index contributed by atoms with van der Waals surface area (Å²) >= 11 is 12.1. The molecule has 1 aromatic carbocycles. The highest BCUT2D eigenvalue weighted by Crippen LogP contribution is 2.25. The Hall–Kier alpha value is -1.03. The monoisotopic (exact) mass is 283 g/mol. The van der Waals surface area contributed by atoms with E-state index in [1.165, 1.54) is 0 Å². The van der Waals surface area contributed by atoms with Gasteiger partial charge >= 0.3 is 0 Å². The summed E-state index contributed by atoms with van der Waals surface area (Å²) in [5.74, 6) is 0. The summed E-state index contributed by atoms with van der Waals surface area (Å²) in [7, 11) is 0. The molecule has 0 fully saturated rings. The van der Waals surface area contributed by atoms with Gasteiger partial charge in [-0.05, 0) is 31.2 Å². The minimum absolute atomic E-state index is 0.280. The van der Waals surface area contributed by atoms with Gasteiger partial charge in [-0.15, -0.1) is 0 Å². The standard InChI is InChI=1S/C13H15Cl2N3/c1-3-16-9(2)10-4-5-13(12(15)6-10)18-8-11(14)7-17-18/h4-9,16H,3H2,1-2H3. The summed E-state index contributed by atoms with van der Waals surface area (Å²) in [5.41, 5.74) is 1.99. The molecule has 0 bridgehead atoms. The predicted octanol–water partition coefficient (Wildman–Crippen LogP) is 3.85. The molecule has 1 unspecified atom stereocenters. The second kappa shape index (κ2) is 5.74. The number of nitrogens with zero attached hydrogens (tertiary/aromatic N) is 2. The molecule has 0 aliphatic rings. The molecule has 1 N–H and O–H groups in total. The first kappa shape index (κ1) is 13.4. The average Bonchev–Trinajstić information content (AvgIpc) is 2.76. The summed E-state index contributed by atoms with van der Waals surface area (Å²) in [6, 6.07) is 6.24. The van der Waals surface area contributed by atoms with Crippen molar-refractivity contribution < 1.29 is 0 Å². The van der Waals surface area contributed by atoms with Crippen molar-refractivity contribution in [3.63, 3.8) is 0 Å². The zero-order chi connectivity index (χ0) is 13.1. The highest BCUT2D eigenvalue weighted by atomic mass is 35.5. The van der Waals surface area contributed by atoms with Gasteiger partial charge in [0.25, 0.3) is 0 Å². The van der Waals surface area contributed by atoms with Crippen LogP contribution in [0.4, 0.5) is 0 Å². The van der Waals surface area contributed by atoms with Gasteiger partial charge in [0.15, 0.2) is 0 Å². The Labute approximate surface area is 117 Å². The molecule has 0 amide bonds. The van der Waals surface area contributed by atoms with Crippen LogP contribution in [0.5, 0.6) is 0 Å². The molecule has 3 nitrogen and oxygen atoms in total. The van der Waals surface area contributed by atoms with Gasteiger partial charge in [0.2, 0.25) is 0 Å². The molecular weight excluding hydrogens is 269 g/mol. The Morgan fingerprint density at radius 1 is 1.39 bits per heavy atom. The zero-order valence-corrected chi connectivity index (χ0v) is 11.8. The van der Waals surface area contributed by atoms with Crippen molar-refractivity contribution in [2.24, 2.45) is 0 Å². The quantitative estimate of drug-likeness (QED) is 0.924. The highest BCUT2D eigenvalue weighted by molar-refractivity contribution is 6.32. The van der Waals surface area contributed by atoms with E-state index in [1.54, 1.807) is 17.1 Å². The van der Waals surface area contributed by atoms with Crippen LogP contribution in [0.25, 0.3) is 5.69 Å². The molecule has 5 heteroatoms. The maximum absolute atomic E-state index is 6.29. The van der Waals surface area contributed by atoms with Crippen molar-refractivity contribution in [1.82, 2.24) is 15.1 Å². The maximum atomic E-state index is 6.29. The van der Waals surface area contributed by atoms with Crippen molar-refractivity contribution in [2.45, 2.75) is 19.9 Å². The van der Waals surface area contributed by atoms with Gasteiger partial charge in [0.1, 0.15) is 0 Å². The van der Waals surface area contributed by atoms with E-state index in [-0.39, 0.29) is 6.04 Å². The fourth-order valence-corrected chi connectivity index (χ4v) is 2.25. The van der Waals surface area contributed by atoms with E-state index in [4.69, 9.17) is 23.2 Å². The average molecular weight is 284 g/mol. The number of nitrogens with one attached hydrogen (secondary N) is 1. The first-order valence-corrected chi connectivity index (χ1v) is 6.60. The van der Waals surface area contributed by atoms with Crippen molar-refractivity contribution in [1.29, 1.82) is 0 Å². The lowest BCUT2D eigenvalue weighted by Gasteiger charge is -2.14. The second-order valence-electron chi connectivity index (χ2n) is 4.09. The molecule has 2 rings (SSSR count). The van der Waals surface area contributed by atoms with Crippen molar-refractivity contribution in [3.8, 4) is 5.69 Å². The second-order valence-corrected chi connectivity index (χ2v) is 4.94. The first-order valence-electron chi connectivity index (χ1n) is 5.85. The SMILES string of the molecule is CCNC(C)c1ccc(-n2cc(Cl)cn2)c(Cl)c1. The molecule has 2 aromatic rings. The van der Waals surface area contributed by atoms with Crippen LogP contribution in [0.3, 0.4) is 0 Å². The van der Waals surface area contributed by atoms with Crippen LogP contribution in [0.2, 0.25) is 10.0 Å². The third-order valence-electron chi connectivity index (χ3n) is 2.78. The molecule has 96 valence electrons. The van der Waals surface area contributed by atoms with Gasteiger partial charge < -0.3 is 5.32 Å². The van der Waals surface area contributed by atoms with E-state index in [1.807, 2.05) is 18.2 Å². The third-order valence-corrected chi connectivity index (χ3v) is 3.28. The van der Waals surface area contributed by atoms with Crippen LogP contribution in [0.1, 0.15) is 25.5 Å². The fourth-order valence-electron chi connectivity index (χ4n) is 1.83. The van der Waals surface area contributed by atoms with E-state index in [0.717, 1.165) is 17.8 Å². The molecule has 0 saturated carbocycles. The van der Waals surface area contributed by atoms with Crippen LogP contribution >= 0.6 is 23.2 Å². The van der Waals surface area contributed by atoms with Crippen molar-refractivity contribution >= 4 is 23.2 Å². The number of aromatic nitrogens is 2. The molecular formula is C13H15Cl2N3. The van der Waals surface area contributed by atoms with Crippen LogP contribution < -0.4 is 5.32 Å². The molecule has 0 spiro atoms. The maximum Gasteiger partial charge on any atom is 0.0832 e. The summed E-state index contributed by atoms with van der Waals surface area (Å²) in [6.07, 6.45) is 3.32.